The third-order valence-corrected chi connectivity index (χ3v) is 1.87. The zero-order chi connectivity index (χ0) is 12.7. The average Bonchev–Trinajstić information content (AvgIpc) is 2.16. The lowest BCUT2D eigenvalue weighted by Gasteiger charge is -2.20. The molecule has 0 aliphatic rings. The minimum absolute atomic E-state index is 0.181. The Hall–Kier alpha value is 0.220. The maximum Gasteiger partial charge on any atom is 0.356 e. The van der Waals surface area contributed by atoms with E-state index >= 15 is 0 Å². The van der Waals surface area contributed by atoms with Gasteiger partial charge in [0.15, 0.2) is 0 Å². The van der Waals surface area contributed by atoms with Gasteiger partial charge in [0.05, 0.1) is 19.8 Å². The van der Waals surface area contributed by atoms with Gasteiger partial charge in [-0.3, -0.25) is 0 Å². The second-order valence-corrected chi connectivity index (χ2v) is 5.37. The van der Waals surface area contributed by atoms with Crippen LogP contribution in [0.15, 0.2) is 0 Å². The predicted octanol–water partition coefficient (Wildman–Crippen LogP) is 0.411. The van der Waals surface area contributed by atoms with E-state index in [9.17, 15) is 4.79 Å². The first-order valence-electron chi connectivity index (χ1n) is 3.75. The monoisotopic (exact) mass is 282 g/mol. The van der Waals surface area contributed by atoms with Crippen molar-refractivity contribution in [3.8, 4) is 0 Å². The van der Waals surface area contributed by atoms with Crippen molar-refractivity contribution >= 4 is 40.8 Å². The Morgan fingerprint density at radius 3 is 1.27 bits per heavy atom. The molecule has 0 bridgehead atoms. The van der Waals surface area contributed by atoms with E-state index in [-0.39, 0.29) is 19.8 Å². The maximum atomic E-state index is 9.62. The molecule has 0 saturated carbocycles. The van der Waals surface area contributed by atoms with Crippen molar-refractivity contribution in [2.45, 2.75) is 10.7 Å². The number of carboxylic acid groups (broad SMARTS) is 1. The molecule has 0 unspecified atom stereocenters. The largest absolute Gasteiger partial charge is 0.478 e. The highest BCUT2D eigenvalue weighted by molar-refractivity contribution is 6.75. The molecule has 0 aromatic rings. The van der Waals surface area contributed by atoms with Crippen LogP contribution >= 0.6 is 34.8 Å². The van der Waals surface area contributed by atoms with E-state index in [4.69, 9.17) is 55.2 Å². The number of aliphatic hydroxyl groups is 3. The van der Waals surface area contributed by atoms with Crippen LogP contribution in [-0.2, 0) is 4.79 Å². The van der Waals surface area contributed by atoms with Crippen LogP contribution in [-0.4, -0.2) is 50.0 Å². The van der Waals surface area contributed by atoms with Crippen LogP contribution in [0.25, 0.3) is 0 Å². The number of carboxylic acids is 1. The summed E-state index contributed by atoms with van der Waals surface area (Å²) in [5.74, 6) is -1.46. The van der Waals surface area contributed by atoms with Gasteiger partial charge in [-0.25, -0.2) is 4.79 Å². The summed E-state index contributed by atoms with van der Waals surface area (Å²) < 4.78 is -2.17. The summed E-state index contributed by atoms with van der Waals surface area (Å²) in [5.41, 5.74) is -0.708. The lowest BCUT2D eigenvalue weighted by molar-refractivity contribution is -0.135. The van der Waals surface area contributed by atoms with Crippen molar-refractivity contribution < 1.29 is 25.2 Å². The molecule has 0 heterocycles. The van der Waals surface area contributed by atoms with Gasteiger partial charge in [-0.05, 0) is 0 Å². The number of carbonyl (C=O) groups is 1. The van der Waals surface area contributed by atoms with Crippen molar-refractivity contribution in [2.75, 3.05) is 19.8 Å². The molecular weight excluding hydrogens is 270 g/mol. The number of hydrogen-bond acceptors (Lipinski definition) is 4. The van der Waals surface area contributed by atoms with E-state index in [2.05, 4.69) is 0 Å². The summed E-state index contributed by atoms with van der Waals surface area (Å²) in [6.45, 7) is 1.06. The fourth-order valence-electron chi connectivity index (χ4n) is 0.150. The highest BCUT2D eigenvalue weighted by Crippen LogP contribution is 2.25. The smallest absolute Gasteiger partial charge is 0.356 e. The Bertz CT molecular complexity index is 179. The zero-order valence-corrected chi connectivity index (χ0v) is 10.2. The van der Waals surface area contributed by atoms with Crippen molar-refractivity contribution in [2.24, 2.45) is 5.41 Å². The molecule has 0 rings (SSSR count). The van der Waals surface area contributed by atoms with E-state index in [1.165, 1.54) is 0 Å². The molecule has 0 radical (unpaired) electrons. The highest BCUT2D eigenvalue weighted by Gasteiger charge is 2.29. The van der Waals surface area contributed by atoms with Crippen LogP contribution in [0.1, 0.15) is 6.92 Å². The second-order valence-electron chi connectivity index (χ2n) is 3.09. The van der Waals surface area contributed by atoms with E-state index in [0.29, 0.717) is 0 Å². The Labute approximate surface area is 102 Å². The van der Waals surface area contributed by atoms with Crippen LogP contribution < -0.4 is 0 Å². The normalized spacial score (nSPS) is 11.7. The number of aliphatic hydroxyl groups excluding tert-OH is 3. The van der Waals surface area contributed by atoms with E-state index in [1.54, 1.807) is 6.92 Å². The quantitative estimate of drug-likeness (QED) is 0.563. The number of aliphatic carboxylic acids is 1. The molecule has 0 saturated heterocycles. The standard InChI is InChI=1S/C5H12O3.C2HCl3O2/c1-5(2-6,3-7)4-8;3-2(4,5)1(6)7/h6-8H,2-4H2,1H3;(H,6,7). The molecule has 15 heavy (non-hydrogen) atoms. The molecule has 8 heteroatoms. The average molecular weight is 284 g/mol. The van der Waals surface area contributed by atoms with Gasteiger partial charge in [0, 0.05) is 5.41 Å². The molecule has 0 fully saturated rings. The van der Waals surface area contributed by atoms with Crippen LogP contribution in [0.5, 0.6) is 0 Å². The van der Waals surface area contributed by atoms with Crippen LogP contribution in [0.4, 0.5) is 0 Å². The van der Waals surface area contributed by atoms with Crippen LogP contribution in [0.3, 0.4) is 0 Å². The Morgan fingerprint density at radius 2 is 1.27 bits per heavy atom. The number of rotatable bonds is 3. The van der Waals surface area contributed by atoms with Crippen LogP contribution in [0, 0.1) is 5.41 Å². The molecule has 0 atom stereocenters. The maximum absolute atomic E-state index is 9.62. The first kappa shape index (κ1) is 17.6. The molecular formula is C7H13Cl3O5. The third-order valence-electron chi connectivity index (χ3n) is 1.39. The van der Waals surface area contributed by atoms with Gasteiger partial charge < -0.3 is 20.4 Å². The van der Waals surface area contributed by atoms with Gasteiger partial charge in [0.1, 0.15) is 0 Å². The molecule has 0 aliphatic carbocycles. The van der Waals surface area contributed by atoms with E-state index in [0.717, 1.165) is 0 Å². The Kier molecular flexibility index (Phi) is 8.79. The summed E-state index contributed by atoms with van der Waals surface area (Å²) in [5, 5.41) is 33.2. The SMILES string of the molecule is CC(CO)(CO)CO.O=C(O)C(Cl)(Cl)Cl. The van der Waals surface area contributed by atoms with Gasteiger partial charge in [0.2, 0.25) is 0 Å². The first-order chi connectivity index (χ1) is 6.63. The fourth-order valence-corrected chi connectivity index (χ4v) is 0.150. The van der Waals surface area contributed by atoms with Gasteiger partial charge in [-0.15, -0.1) is 0 Å². The molecule has 0 amide bonds. The van der Waals surface area contributed by atoms with Crippen molar-refractivity contribution in [3.05, 3.63) is 0 Å². The third kappa shape index (κ3) is 9.17. The zero-order valence-electron chi connectivity index (χ0n) is 7.95. The predicted molar refractivity (Wildman–Crippen MR) is 57.3 cm³/mol. The fraction of sp³-hybridized carbons (Fsp3) is 0.857. The number of halogens is 3. The number of alkyl halides is 3. The van der Waals surface area contributed by atoms with E-state index in [1.807, 2.05) is 0 Å². The first-order valence-corrected chi connectivity index (χ1v) is 4.89. The van der Waals surface area contributed by atoms with Gasteiger partial charge >= 0.3 is 5.97 Å². The van der Waals surface area contributed by atoms with Crippen molar-refractivity contribution in [1.29, 1.82) is 0 Å². The Balaban J connectivity index is 0. The number of hydrogen-bond donors (Lipinski definition) is 4. The molecule has 0 aromatic carbocycles. The van der Waals surface area contributed by atoms with Crippen molar-refractivity contribution in [3.63, 3.8) is 0 Å². The molecule has 92 valence electrons. The lowest BCUT2D eigenvalue weighted by atomic mass is 9.95. The van der Waals surface area contributed by atoms with Crippen molar-refractivity contribution in [1.82, 2.24) is 0 Å². The second kappa shape index (κ2) is 7.49. The van der Waals surface area contributed by atoms with Gasteiger partial charge in [0.25, 0.3) is 3.79 Å². The molecule has 0 aliphatic heterocycles. The Morgan fingerprint density at radius 1 is 1.07 bits per heavy atom. The molecule has 0 spiro atoms. The van der Waals surface area contributed by atoms with Gasteiger partial charge in [-0.2, -0.15) is 0 Å². The van der Waals surface area contributed by atoms with Crippen LogP contribution in [0.2, 0.25) is 0 Å². The summed E-state index contributed by atoms with van der Waals surface area (Å²) in [7, 11) is 0. The summed E-state index contributed by atoms with van der Waals surface area (Å²) in [6.07, 6.45) is 0. The minimum atomic E-state index is -2.17. The molecule has 0 aromatic heterocycles. The molecule has 5 nitrogen and oxygen atoms in total. The topological polar surface area (TPSA) is 98.0 Å². The summed E-state index contributed by atoms with van der Waals surface area (Å²) in [6, 6.07) is 0. The minimum Gasteiger partial charge on any atom is -0.478 e. The lowest BCUT2D eigenvalue weighted by Crippen LogP contribution is -2.29. The summed E-state index contributed by atoms with van der Waals surface area (Å²) >= 11 is 14.4. The summed E-state index contributed by atoms with van der Waals surface area (Å²) in [4.78, 5) is 9.62. The van der Waals surface area contributed by atoms with Gasteiger partial charge in [-0.1, -0.05) is 41.7 Å². The molecule has 4 N–H and O–H groups in total. The highest BCUT2D eigenvalue weighted by atomic mass is 35.6. The van der Waals surface area contributed by atoms with E-state index < -0.39 is 15.2 Å².